The molecule has 0 bridgehead atoms. The van der Waals surface area contributed by atoms with Crippen molar-refractivity contribution in [1.82, 2.24) is 9.66 Å². The summed E-state index contributed by atoms with van der Waals surface area (Å²) in [5.74, 6) is 1.85. The topological polar surface area (TPSA) is 74.7 Å². The lowest BCUT2D eigenvalue weighted by molar-refractivity contribution is 0.400. The third-order valence-electron chi connectivity index (χ3n) is 2.90. The Morgan fingerprint density at radius 3 is 2.45 bits per heavy atom. The van der Waals surface area contributed by atoms with Gasteiger partial charge in [-0.05, 0) is 31.5 Å². The molecule has 6 nitrogen and oxygen atoms in total. The molecule has 0 saturated carbocycles. The number of hydrogen-bond acceptors (Lipinski definition) is 5. The third kappa shape index (κ3) is 2.74. The number of methoxy groups -OCH3 is 2. The van der Waals surface area contributed by atoms with Gasteiger partial charge in [-0.2, -0.15) is 5.10 Å². The lowest BCUT2D eigenvalue weighted by Gasteiger charge is -2.10. The van der Waals surface area contributed by atoms with Crippen molar-refractivity contribution in [2.45, 2.75) is 13.8 Å². The number of aryl methyl sites for hydroxylation is 2. The van der Waals surface area contributed by atoms with Crippen molar-refractivity contribution in [1.29, 1.82) is 0 Å². The number of benzene rings is 1. The molecule has 1 aromatic carbocycles. The zero-order valence-corrected chi connectivity index (χ0v) is 12.0. The number of ether oxygens (including phenoxy) is 2. The Morgan fingerprint density at radius 1 is 1.20 bits per heavy atom. The van der Waals surface area contributed by atoms with Gasteiger partial charge in [0.15, 0.2) is 0 Å². The summed E-state index contributed by atoms with van der Waals surface area (Å²) in [5.41, 5.74) is 8.36. The van der Waals surface area contributed by atoms with E-state index in [1.807, 2.05) is 26.0 Å². The first-order valence-corrected chi connectivity index (χ1v) is 6.13. The Morgan fingerprint density at radius 2 is 1.90 bits per heavy atom. The minimum Gasteiger partial charge on any atom is -0.496 e. The molecule has 106 valence electrons. The molecular formula is C14H18N4O2. The fourth-order valence-electron chi connectivity index (χ4n) is 1.90. The first-order valence-electron chi connectivity index (χ1n) is 6.13. The molecule has 2 N–H and O–H groups in total. The zero-order chi connectivity index (χ0) is 14.7. The second-order valence-electron chi connectivity index (χ2n) is 4.39. The molecule has 1 heterocycles. The van der Waals surface area contributed by atoms with E-state index in [2.05, 4.69) is 10.1 Å². The van der Waals surface area contributed by atoms with Gasteiger partial charge in [-0.25, -0.2) is 9.66 Å². The molecule has 0 amide bonds. The molecule has 6 heteroatoms. The fourth-order valence-corrected chi connectivity index (χ4v) is 1.90. The zero-order valence-electron chi connectivity index (χ0n) is 12.0. The van der Waals surface area contributed by atoms with E-state index < -0.39 is 0 Å². The average Bonchev–Trinajstić information content (AvgIpc) is 2.75. The van der Waals surface area contributed by atoms with E-state index in [1.165, 1.54) is 4.68 Å². The van der Waals surface area contributed by atoms with Crippen molar-refractivity contribution in [2.24, 2.45) is 5.10 Å². The quantitative estimate of drug-likeness (QED) is 0.865. The van der Waals surface area contributed by atoms with Crippen molar-refractivity contribution in [2.75, 3.05) is 20.0 Å². The van der Waals surface area contributed by atoms with Gasteiger partial charge in [0.1, 0.15) is 11.5 Å². The molecule has 0 aliphatic heterocycles. The van der Waals surface area contributed by atoms with Crippen LogP contribution in [0.15, 0.2) is 23.4 Å². The SMILES string of the molecule is COc1cc(C=Nn2cc(C)nc2N)c(OC)cc1C. The molecular weight excluding hydrogens is 256 g/mol. The first-order chi connectivity index (χ1) is 9.55. The monoisotopic (exact) mass is 274 g/mol. The molecule has 2 rings (SSSR count). The summed E-state index contributed by atoms with van der Waals surface area (Å²) in [6.45, 7) is 3.82. The van der Waals surface area contributed by atoms with Crippen LogP contribution in [0.25, 0.3) is 0 Å². The highest BCUT2D eigenvalue weighted by atomic mass is 16.5. The van der Waals surface area contributed by atoms with Crippen LogP contribution in [0.5, 0.6) is 11.5 Å². The lowest BCUT2D eigenvalue weighted by atomic mass is 10.1. The maximum atomic E-state index is 5.74. The third-order valence-corrected chi connectivity index (χ3v) is 2.90. The highest BCUT2D eigenvalue weighted by molar-refractivity contribution is 5.84. The van der Waals surface area contributed by atoms with E-state index in [0.717, 1.165) is 28.3 Å². The summed E-state index contributed by atoms with van der Waals surface area (Å²) in [6.07, 6.45) is 3.42. The lowest BCUT2D eigenvalue weighted by Crippen LogP contribution is -1.99. The number of anilines is 1. The van der Waals surface area contributed by atoms with E-state index in [4.69, 9.17) is 15.2 Å². The molecule has 1 aromatic heterocycles. The highest BCUT2D eigenvalue weighted by Gasteiger charge is 2.07. The van der Waals surface area contributed by atoms with E-state index in [-0.39, 0.29) is 0 Å². The van der Waals surface area contributed by atoms with Crippen molar-refractivity contribution < 1.29 is 9.47 Å². The summed E-state index contributed by atoms with van der Waals surface area (Å²) < 4.78 is 12.2. The van der Waals surface area contributed by atoms with Gasteiger partial charge in [0.25, 0.3) is 0 Å². The van der Waals surface area contributed by atoms with Crippen LogP contribution in [-0.4, -0.2) is 30.1 Å². The van der Waals surface area contributed by atoms with Crippen LogP contribution >= 0.6 is 0 Å². The van der Waals surface area contributed by atoms with Crippen LogP contribution in [-0.2, 0) is 0 Å². The minimum absolute atomic E-state index is 0.344. The van der Waals surface area contributed by atoms with Crippen LogP contribution in [0.4, 0.5) is 5.95 Å². The maximum Gasteiger partial charge on any atom is 0.221 e. The normalized spacial score (nSPS) is 11.0. The van der Waals surface area contributed by atoms with Crippen LogP contribution in [0.3, 0.4) is 0 Å². The highest BCUT2D eigenvalue weighted by Crippen LogP contribution is 2.27. The Labute approximate surface area is 117 Å². The van der Waals surface area contributed by atoms with Gasteiger partial charge >= 0.3 is 0 Å². The Balaban J connectivity index is 2.39. The summed E-state index contributed by atoms with van der Waals surface area (Å²) in [5, 5.41) is 4.28. The van der Waals surface area contributed by atoms with Gasteiger partial charge in [0.2, 0.25) is 5.95 Å². The number of nitrogens with two attached hydrogens (primary N) is 1. The molecule has 0 unspecified atom stereocenters. The Hall–Kier alpha value is -2.50. The minimum atomic E-state index is 0.344. The van der Waals surface area contributed by atoms with Crippen molar-refractivity contribution in [3.05, 3.63) is 35.2 Å². The molecule has 2 aromatic rings. The maximum absolute atomic E-state index is 5.74. The molecule has 20 heavy (non-hydrogen) atoms. The number of aromatic nitrogens is 2. The van der Waals surface area contributed by atoms with Crippen molar-refractivity contribution >= 4 is 12.2 Å². The molecule has 0 atom stereocenters. The van der Waals surface area contributed by atoms with E-state index in [9.17, 15) is 0 Å². The predicted octanol–water partition coefficient (Wildman–Crippen LogP) is 1.98. The molecule has 0 aliphatic carbocycles. The van der Waals surface area contributed by atoms with Gasteiger partial charge in [0, 0.05) is 5.56 Å². The van der Waals surface area contributed by atoms with E-state index >= 15 is 0 Å². The number of rotatable bonds is 4. The molecule has 0 aliphatic rings. The van der Waals surface area contributed by atoms with Gasteiger partial charge in [-0.1, -0.05) is 0 Å². The number of hydrogen-bond donors (Lipinski definition) is 1. The number of nitrogen functional groups attached to an aromatic ring is 1. The predicted molar refractivity (Wildman–Crippen MR) is 78.7 cm³/mol. The van der Waals surface area contributed by atoms with Crippen LogP contribution in [0, 0.1) is 13.8 Å². The smallest absolute Gasteiger partial charge is 0.221 e. The molecule has 0 fully saturated rings. The summed E-state index contributed by atoms with van der Waals surface area (Å²) in [6, 6.07) is 3.78. The molecule has 0 radical (unpaired) electrons. The average molecular weight is 274 g/mol. The van der Waals surface area contributed by atoms with Gasteiger partial charge in [0.05, 0.1) is 32.3 Å². The summed E-state index contributed by atoms with van der Waals surface area (Å²) in [7, 11) is 3.25. The van der Waals surface area contributed by atoms with Crippen LogP contribution in [0.2, 0.25) is 0 Å². The number of nitrogens with zero attached hydrogens (tertiary/aromatic N) is 3. The van der Waals surface area contributed by atoms with Gasteiger partial charge in [-0.3, -0.25) is 0 Å². The second-order valence-corrected chi connectivity index (χ2v) is 4.39. The molecule has 0 saturated heterocycles. The first kappa shape index (κ1) is 13.9. The number of imidazole rings is 1. The van der Waals surface area contributed by atoms with E-state index in [1.54, 1.807) is 26.6 Å². The Kier molecular flexibility index (Phi) is 3.93. The molecule has 0 spiro atoms. The second kappa shape index (κ2) is 5.64. The van der Waals surface area contributed by atoms with Crippen LogP contribution in [0.1, 0.15) is 16.8 Å². The fraction of sp³-hybridized carbons (Fsp3) is 0.286. The standard InChI is InChI=1S/C14H18N4O2/c1-9-5-13(20-4)11(6-12(9)19-3)7-16-18-8-10(2)17-14(18)15/h5-8H,1-4H3,(H2,15,17). The van der Waals surface area contributed by atoms with Crippen LogP contribution < -0.4 is 15.2 Å². The van der Waals surface area contributed by atoms with Gasteiger partial charge in [-0.15, -0.1) is 0 Å². The summed E-state index contributed by atoms with van der Waals surface area (Å²) in [4.78, 5) is 4.08. The summed E-state index contributed by atoms with van der Waals surface area (Å²) >= 11 is 0. The van der Waals surface area contributed by atoms with Gasteiger partial charge < -0.3 is 15.2 Å². The Bertz CT molecular complexity index is 647. The van der Waals surface area contributed by atoms with Crippen molar-refractivity contribution in [3.8, 4) is 11.5 Å². The van der Waals surface area contributed by atoms with Crippen molar-refractivity contribution in [3.63, 3.8) is 0 Å². The largest absolute Gasteiger partial charge is 0.496 e. The van der Waals surface area contributed by atoms with E-state index in [0.29, 0.717) is 5.95 Å².